The predicted molar refractivity (Wildman–Crippen MR) is 88.0 cm³/mol. The normalized spacial score (nSPS) is 14.8. The zero-order chi connectivity index (χ0) is 14.4. The van der Waals surface area contributed by atoms with Crippen LogP contribution in [0.15, 0.2) is 24.3 Å². The smallest absolute Gasteiger partial charge is 0.0605 e. The summed E-state index contributed by atoms with van der Waals surface area (Å²) in [6.45, 7) is 6.64. The second kappa shape index (κ2) is 7.50. The van der Waals surface area contributed by atoms with Crippen LogP contribution in [0, 0.1) is 0 Å². The van der Waals surface area contributed by atoms with E-state index in [1.165, 1.54) is 17.8 Å². The lowest BCUT2D eigenvalue weighted by atomic mass is 10.2. The highest BCUT2D eigenvalue weighted by molar-refractivity contribution is 5.73. The van der Waals surface area contributed by atoms with Crippen molar-refractivity contribution >= 4 is 11.4 Å². The molecule has 1 aliphatic heterocycles. The predicted octanol–water partition coefficient (Wildman–Crippen LogP) is 1.48. The van der Waals surface area contributed by atoms with E-state index in [4.69, 9.17) is 0 Å². The first-order valence-corrected chi connectivity index (χ1v) is 7.59. The van der Waals surface area contributed by atoms with Gasteiger partial charge in [-0.15, -0.1) is 0 Å². The Kier molecular flexibility index (Phi) is 5.68. The standard InChI is InChI=1S/C16H28N4/c1-18(2)11-6-9-17-10-12-20-14-13-19(3)15-7-4-5-8-16(15)20/h4-5,7-8,17H,6,9-14H2,1-3H3. The molecule has 1 N–H and O–H groups in total. The number of rotatable bonds is 7. The third-order valence-corrected chi connectivity index (χ3v) is 3.86. The molecule has 2 rings (SSSR count). The van der Waals surface area contributed by atoms with Crippen molar-refractivity contribution in [2.45, 2.75) is 6.42 Å². The molecule has 0 aromatic heterocycles. The second-order valence-electron chi connectivity index (χ2n) is 5.80. The number of hydrogen-bond donors (Lipinski definition) is 1. The largest absolute Gasteiger partial charge is 0.371 e. The molecule has 1 heterocycles. The van der Waals surface area contributed by atoms with Crippen LogP contribution in [0.2, 0.25) is 0 Å². The fourth-order valence-electron chi connectivity index (χ4n) is 2.66. The quantitative estimate of drug-likeness (QED) is 0.762. The molecular weight excluding hydrogens is 248 g/mol. The molecule has 0 atom stereocenters. The van der Waals surface area contributed by atoms with Crippen LogP contribution >= 0.6 is 0 Å². The summed E-state index contributed by atoms with van der Waals surface area (Å²) in [5, 5.41) is 3.55. The van der Waals surface area contributed by atoms with Gasteiger partial charge in [-0.2, -0.15) is 0 Å². The van der Waals surface area contributed by atoms with Crippen molar-refractivity contribution < 1.29 is 0 Å². The number of hydrogen-bond acceptors (Lipinski definition) is 4. The van der Waals surface area contributed by atoms with E-state index in [0.717, 1.165) is 39.3 Å². The molecule has 1 aliphatic rings. The van der Waals surface area contributed by atoms with Gasteiger partial charge in [0.2, 0.25) is 0 Å². The van der Waals surface area contributed by atoms with E-state index < -0.39 is 0 Å². The molecule has 20 heavy (non-hydrogen) atoms. The molecule has 1 aromatic rings. The molecule has 4 nitrogen and oxygen atoms in total. The van der Waals surface area contributed by atoms with Gasteiger partial charge < -0.3 is 20.0 Å². The lowest BCUT2D eigenvalue weighted by Crippen LogP contribution is -2.42. The Morgan fingerprint density at radius 1 is 1.10 bits per heavy atom. The molecule has 4 heteroatoms. The second-order valence-corrected chi connectivity index (χ2v) is 5.80. The van der Waals surface area contributed by atoms with E-state index in [9.17, 15) is 0 Å². The van der Waals surface area contributed by atoms with Gasteiger partial charge in [0, 0.05) is 33.2 Å². The Morgan fingerprint density at radius 3 is 2.60 bits per heavy atom. The molecule has 0 fully saturated rings. The van der Waals surface area contributed by atoms with Crippen molar-refractivity contribution in [1.82, 2.24) is 10.2 Å². The zero-order valence-corrected chi connectivity index (χ0v) is 13.1. The number of fused-ring (bicyclic) bond motifs is 1. The highest BCUT2D eigenvalue weighted by Gasteiger charge is 2.18. The maximum Gasteiger partial charge on any atom is 0.0605 e. The maximum atomic E-state index is 3.55. The Balaban J connectivity index is 1.76. The number of anilines is 2. The van der Waals surface area contributed by atoms with Crippen LogP contribution in [0.1, 0.15) is 6.42 Å². The molecule has 0 amide bonds. The summed E-state index contributed by atoms with van der Waals surface area (Å²) >= 11 is 0. The summed E-state index contributed by atoms with van der Waals surface area (Å²) in [5.74, 6) is 0. The van der Waals surface area contributed by atoms with Gasteiger partial charge in [-0.25, -0.2) is 0 Å². The maximum absolute atomic E-state index is 3.55. The van der Waals surface area contributed by atoms with Crippen LogP contribution in [0.3, 0.4) is 0 Å². The third-order valence-electron chi connectivity index (χ3n) is 3.86. The van der Waals surface area contributed by atoms with Crippen LogP contribution < -0.4 is 15.1 Å². The lowest BCUT2D eigenvalue weighted by molar-refractivity contribution is 0.395. The molecule has 0 radical (unpaired) electrons. The minimum absolute atomic E-state index is 1.06. The molecule has 0 aliphatic carbocycles. The van der Waals surface area contributed by atoms with Crippen LogP contribution in [-0.2, 0) is 0 Å². The molecule has 112 valence electrons. The number of nitrogens with zero attached hydrogens (tertiary/aromatic N) is 3. The van der Waals surface area contributed by atoms with Crippen LogP contribution in [0.25, 0.3) is 0 Å². The van der Waals surface area contributed by atoms with E-state index in [-0.39, 0.29) is 0 Å². The highest BCUT2D eigenvalue weighted by Crippen LogP contribution is 2.31. The Morgan fingerprint density at radius 2 is 1.85 bits per heavy atom. The zero-order valence-electron chi connectivity index (χ0n) is 13.1. The molecule has 0 saturated carbocycles. The monoisotopic (exact) mass is 276 g/mol. The summed E-state index contributed by atoms with van der Waals surface area (Å²) < 4.78 is 0. The van der Waals surface area contributed by atoms with Crippen molar-refractivity contribution in [3.8, 4) is 0 Å². The van der Waals surface area contributed by atoms with Gasteiger partial charge in [0.25, 0.3) is 0 Å². The van der Waals surface area contributed by atoms with Gasteiger partial charge in [0.05, 0.1) is 11.4 Å². The van der Waals surface area contributed by atoms with Crippen LogP contribution in [0.5, 0.6) is 0 Å². The minimum atomic E-state index is 1.06. The van der Waals surface area contributed by atoms with Gasteiger partial charge in [-0.05, 0) is 45.7 Å². The first-order chi connectivity index (χ1) is 9.68. The molecule has 0 spiro atoms. The summed E-state index contributed by atoms with van der Waals surface area (Å²) in [5.41, 5.74) is 2.72. The van der Waals surface area contributed by atoms with E-state index in [1.807, 2.05) is 0 Å². The Labute approximate surface area is 123 Å². The van der Waals surface area contributed by atoms with Crippen molar-refractivity contribution in [1.29, 1.82) is 0 Å². The van der Waals surface area contributed by atoms with Gasteiger partial charge in [-0.1, -0.05) is 12.1 Å². The summed E-state index contributed by atoms with van der Waals surface area (Å²) in [4.78, 5) is 7.07. The highest BCUT2D eigenvalue weighted by atomic mass is 15.3. The van der Waals surface area contributed by atoms with Crippen LogP contribution in [0.4, 0.5) is 11.4 Å². The first-order valence-electron chi connectivity index (χ1n) is 7.59. The third kappa shape index (κ3) is 4.12. The average molecular weight is 276 g/mol. The van der Waals surface area contributed by atoms with E-state index in [0.29, 0.717) is 0 Å². The Hall–Kier alpha value is -1.26. The van der Waals surface area contributed by atoms with Gasteiger partial charge >= 0.3 is 0 Å². The molecule has 0 saturated heterocycles. The van der Waals surface area contributed by atoms with E-state index in [1.54, 1.807) is 0 Å². The molecule has 0 bridgehead atoms. The first kappa shape index (κ1) is 15.1. The topological polar surface area (TPSA) is 21.8 Å². The molecule has 0 unspecified atom stereocenters. The van der Waals surface area contributed by atoms with E-state index >= 15 is 0 Å². The fourth-order valence-corrected chi connectivity index (χ4v) is 2.66. The number of likely N-dealkylation sites (N-methyl/N-ethyl adjacent to an activating group) is 1. The van der Waals surface area contributed by atoms with Gasteiger partial charge in [0.15, 0.2) is 0 Å². The number of para-hydroxylation sites is 2. The van der Waals surface area contributed by atoms with Gasteiger partial charge in [0.1, 0.15) is 0 Å². The lowest BCUT2D eigenvalue weighted by Gasteiger charge is -2.37. The average Bonchev–Trinajstić information content (AvgIpc) is 2.45. The Bertz CT molecular complexity index is 405. The van der Waals surface area contributed by atoms with Crippen molar-refractivity contribution in [3.05, 3.63) is 24.3 Å². The van der Waals surface area contributed by atoms with Crippen molar-refractivity contribution in [3.63, 3.8) is 0 Å². The summed E-state index contributed by atoms with van der Waals surface area (Å²) in [7, 11) is 6.43. The summed E-state index contributed by atoms with van der Waals surface area (Å²) in [6.07, 6.45) is 1.21. The van der Waals surface area contributed by atoms with Crippen LogP contribution in [-0.4, -0.2) is 65.3 Å². The fraction of sp³-hybridized carbons (Fsp3) is 0.625. The molecule has 1 aromatic carbocycles. The molecular formula is C16H28N4. The van der Waals surface area contributed by atoms with Crippen molar-refractivity contribution in [2.75, 3.05) is 70.2 Å². The number of nitrogens with one attached hydrogen (secondary N) is 1. The number of benzene rings is 1. The van der Waals surface area contributed by atoms with Gasteiger partial charge in [-0.3, -0.25) is 0 Å². The minimum Gasteiger partial charge on any atom is -0.371 e. The van der Waals surface area contributed by atoms with Crippen molar-refractivity contribution in [2.24, 2.45) is 0 Å². The van der Waals surface area contributed by atoms with E-state index in [2.05, 4.69) is 65.4 Å². The SMILES string of the molecule is CN(C)CCCNCCN1CCN(C)c2ccccc21. The summed E-state index contributed by atoms with van der Waals surface area (Å²) in [6, 6.07) is 8.71.